The van der Waals surface area contributed by atoms with Crippen LogP contribution in [0.2, 0.25) is 0 Å². The third kappa shape index (κ3) is 5.48. The molecule has 0 aliphatic carbocycles. The summed E-state index contributed by atoms with van der Waals surface area (Å²) in [6.07, 6.45) is 1.66. The largest absolute Gasteiger partial charge is 0.397 e. The predicted octanol–water partition coefficient (Wildman–Crippen LogP) is 2.81. The molecule has 1 aromatic heterocycles. The lowest BCUT2D eigenvalue weighted by atomic mass is 10.2. The van der Waals surface area contributed by atoms with Crippen LogP contribution in [0.1, 0.15) is 0 Å². The van der Waals surface area contributed by atoms with E-state index in [4.69, 9.17) is 4.55 Å². The lowest BCUT2D eigenvalue weighted by molar-refractivity contribution is 0.274. The number of thiazole rings is 1. The molecule has 10 heteroatoms. The summed E-state index contributed by atoms with van der Waals surface area (Å²) in [5, 5.41) is 10.5. The molecule has 0 bridgehead atoms. The average Bonchev–Trinajstić information content (AvgIpc) is 2.97. The summed E-state index contributed by atoms with van der Waals surface area (Å²) < 4.78 is 33.7. The maximum absolute atomic E-state index is 10.5. The summed E-state index contributed by atoms with van der Waals surface area (Å²) in [5.41, 5.74) is 1.54. The Kier molecular flexibility index (Phi) is 5.55. The zero-order valence-electron chi connectivity index (χ0n) is 11.7. The van der Waals surface area contributed by atoms with Gasteiger partial charge in [-0.2, -0.15) is 8.42 Å². The van der Waals surface area contributed by atoms with Crippen LogP contribution in [-0.4, -0.2) is 38.2 Å². The first-order chi connectivity index (χ1) is 10.4. The smallest absolute Gasteiger partial charge is 0.372 e. The van der Waals surface area contributed by atoms with E-state index < -0.39 is 10.4 Å². The SMILES string of the molecule is CN(CCOS(=O)(=O)O)c1ccc(N=Nc2nccs2)cc1. The van der Waals surface area contributed by atoms with E-state index in [2.05, 4.69) is 19.4 Å². The Balaban J connectivity index is 1.90. The molecule has 2 aromatic rings. The first kappa shape index (κ1) is 16.5. The Morgan fingerprint density at radius 2 is 2.05 bits per heavy atom. The fourth-order valence-electron chi connectivity index (χ4n) is 1.55. The number of benzene rings is 1. The minimum Gasteiger partial charge on any atom is -0.372 e. The Labute approximate surface area is 132 Å². The molecule has 0 saturated heterocycles. The lowest BCUT2D eigenvalue weighted by Gasteiger charge is -2.18. The minimum absolute atomic E-state index is 0.138. The second-order valence-electron chi connectivity index (χ2n) is 4.20. The molecule has 0 spiro atoms. The highest BCUT2D eigenvalue weighted by atomic mass is 32.3. The van der Waals surface area contributed by atoms with Gasteiger partial charge >= 0.3 is 10.4 Å². The molecule has 1 heterocycles. The quantitative estimate of drug-likeness (QED) is 0.613. The van der Waals surface area contributed by atoms with Crippen molar-refractivity contribution >= 4 is 38.2 Å². The molecule has 0 saturated carbocycles. The highest BCUT2D eigenvalue weighted by Gasteiger charge is 2.06. The normalized spacial score (nSPS) is 11.9. The van der Waals surface area contributed by atoms with Gasteiger partial charge in [-0.1, -0.05) is 0 Å². The van der Waals surface area contributed by atoms with Gasteiger partial charge in [0, 0.05) is 30.9 Å². The molecular weight excluding hydrogens is 328 g/mol. The molecular formula is C12H14N4O4S2. The number of nitrogens with zero attached hydrogens (tertiary/aromatic N) is 4. The van der Waals surface area contributed by atoms with E-state index >= 15 is 0 Å². The Morgan fingerprint density at radius 3 is 2.64 bits per heavy atom. The molecule has 0 aliphatic heterocycles. The first-order valence-corrected chi connectivity index (χ1v) is 8.43. The van der Waals surface area contributed by atoms with Gasteiger partial charge in [-0.3, -0.25) is 4.55 Å². The number of likely N-dealkylation sites (N-methyl/N-ethyl adjacent to an activating group) is 1. The zero-order chi connectivity index (χ0) is 16.0. The van der Waals surface area contributed by atoms with E-state index in [0.29, 0.717) is 17.4 Å². The van der Waals surface area contributed by atoms with Gasteiger partial charge < -0.3 is 4.90 Å². The van der Waals surface area contributed by atoms with Crippen LogP contribution in [0.15, 0.2) is 46.1 Å². The van der Waals surface area contributed by atoms with Gasteiger partial charge in [0.05, 0.1) is 12.3 Å². The van der Waals surface area contributed by atoms with Crippen molar-refractivity contribution in [2.75, 3.05) is 25.1 Å². The molecule has 0 radical (unpaired) electrons. The van der Waals surface area contributed by atoms with Crippen LogP contribution in [0.3, 0.4) is 0 Å². The van der Waals surface area contributed by atoms with Crippen molar-refractivity contribution in [2.24, 2.45) is 10.2 Å². The fourth-order valence-corrected chi connectivity index (χ4v) is 2.29. The third-order valence-corrected chi connectivity index (χ3v) is 3.74. The van der Waals surface area contributed by atoms with E-state index in [1.165, 1.54) is 11.3 Å². The summed E-state index contributed by atoms with van der Waals surface area (Å²) >= 11 is 1.40. The standard InChI is InChI=1S/C12H14N4O4S2/c1-16(7-8-20-22(17,18)19)11-4-2-10(3-5-11)14-15-12-13-6-9-21-12/h2-6,9H,7-8H2,1H3,(H,17,18,19). The fraction of sp³-hybridized carbons (Fsp3) is 0.250. The van der Waals surface area contributed by atoms with Gasteiger partial charge in [0.25, 0.3) is 0 Å². The topological polar surface area (TPSA) is 104 Å². The van der Waals surface area contributed by atoms with Crippen molar-refractivity contribution < 1.29 is 17.2 Å². The van der Waals surface area contributed by atoms with Crippen molar-refractivity contribution in [3.8, 4) is 0 Å². The van der Waals surface area contributed by atoms with E-state index in [9.17, 15) is 8.42 Å². The Morgan fingerprint density at radius 1 is 1.32 bits per heavy atom. The third-order valence-electron chi connectivity index (χ3n) is 2.62. The van der Waals surface area contributed by atoms with E-state index in [0.717, 1.165) is 5.69 Å². The number of rotatable bonds is 7. The van der Waals surface area contributed by atoms with Crippen LogP contribution in [0, 0.1) is 0 Å². The zero-order valence-corrected chi connectivity index (χ0v) is 13.3. The van der Waals surface area contributed by atoms with Crippen LogP contribution in [-0.2, 0) is 14.6 Å². The predicted molar refractivity (Wildman–Crippen MR) is 83.5 cm³/mol. The second-order valence-corrected chi connectivity index (χ2v) is 6.17. The summed E-state index contributed by atoms with van der Waals surface area (Å²) in [7, 11) is -2.62. The average molecular weight is 342 g/mol. The van der Waals surface area contributed by atoms with Crippen molar-refractivity contribution in [1.29, 1.82) is 0 Å². The van der Waals surface area contributed by atoms with Crippen LogP contribution in [0.25, 0.3) is 0 Å². The highest BCUT2D eigenvalue weighted by molar-refractivity contribution is 7.80. The van der Waals surface area contributed by atoms with Gasteiger partial charge in [-0.25, -0.2) is 9.17 Å². The molecule has 0 fully saturated rings. The summed E-state index contributed by atoms with van der Waals surface area (Å²) in [6, 6.07) is 7.21. The number of anilines is 1. The molecule has 0 atom stereocenters. The molecule has 0 aliphatic rings. The van der Waals surface area contributed by atoms with Gasteiger partial charge in [0.1, 0.15) is 0 Å². The van der Waals surface area contributed by atoms with E-state index in [-0.39, 0.29) is 6.61 Å². The first-order valence-electron chi connectivity index (χ1n) is 6.18. The van der Waals surface area contributed by atoms with Crippen molar-refractivity contribution in [1.82, 2.24) is 4.98 Å². The molecule has 22 heavy (non-hydrogen) atoms. The summed E-state index contributed by atoms with van der Waals surface area (Å²) in [4.78, 5) is 5.78. The van der Waals surface area contributed by atoms with E-state index in [1.807, 2.05) is 17.5 Å². The maximum Gasteiger partial charge on any atom is 0.397 e. The maximum atomic E-state index is 10.5. The molecule has 8 nitrogen and oxygen atoms in total. The van der Waals surface area contributed by atoms with E-state index in [1.54, 1.807) is 30.3 Å². The number of hydrogen-bond acceptors (Lipinski definition) is 8. The van der Waals surface area contributed by atoms with Gasteiger partial charge in [-0.05, 0) is 24.3 Å². The molecule has 0 amide bonds. The number of hydrogen-bond donors (Lipinski definition) is 1. The van der Waals surface area contributed by atoms with Gasteiger partial charge in [-0.15, -0.1) is 21.6 Å². The van der Waals surface area contributed by atoms with Crippen molar-refractivity contribution in [2.45, 2.75) is 0 Å². The molecule has 118 valence electrons. The van der Waals surface area contributed by atoms with Crippen molar-refractivity contribution in [3.63, 3.8) is 0 Å². The number of azo groups is 1. The van der Waals surface area contributed by atoms with Crippen LogP contribution >= 0.6 is 11.3 Å². The van der Waals surface area contributed by atoms with Crippen LogP contribution in [0.4, 0.5) is 16.5 Å². The minimum atomic E-state index is -4.40. The highest BCUT2D eigenvalue weighted by Crippen LogP contribution is 2.22. The molecule has 1 N–H and O–H groups in total. The van der Waals surface area contributed by atoms with Crippen molar-refractivity contribution in [3.05, 3.63) is 35.8 Å². The van der Waals surface area contributed by atoms with Gasteiger partial charge in [0.15, 0.2) is 0 Å². The molecule has 0 unspecified atom stereocenters. The monoisotopic (exact) mass is 342 g/mol. The Hall–Kier alpha value is -1.88. The summed E-state index contributed by atoms with van der Waals surface area (Å²) in [6.45, 7) is 0.167. The van der Waals surface area contributed by atoms with Gasteiger partial charge in [0.2, 0.25) is 5.13 Å². The molecule has 1 aromatic carbocycles. The van der Waals surface area contributed by atoms with Crippen LogP contribution in [0.5, 0.6) is 0 Å². The number of aromatic nitrogens is 1. The second kappa shape index (κ2) is 7.40. The molecule has 2 rings (SSSR count). The lowest BCUT2D eigenvalue weighted by Crippen LogP contribution is -2.23. The summed E-state index contributed by atoms with van der Waals surface area (Å²) in [5.74, 6) is 0. The Bertz CT molecular complexity index is 714. The van der Waals surface area contributed by atoms with Crippen LogP contribution < -0.4 is 4.90 Å².